The second kappa shape index (κ2) is 8.34. The Morgan fingerprint density at radius 3 is 2.10 bits per heavy atom. The van der Waals surface area contributed by atoms with Gasteiger partial charge in [0.1, 0.15) is 0 Å². The Morgan fingerprint density at radius 2 is 2.00 bits per heavy atom. The van der Waals surface area contributed by atoms with Crippen molar-refractivity contribution in [3.63, 3.8) is 0 Å². The van der Waals surface area contributed by atoms with Gasteiger partial charge in [-0.2, -0.15) is 0 Å². The summed E-state index contributed by atoms with van der Waals surface area (Å²) in [6, 6.07) is 0. The molecule has 10 heavy (non-hydrogen) atoms. The largest absolute Gasteiger partial charge is 0.272 e. The van der Waals surface area contributed by atoms with Crippen LogP contribution in [0.15, 0.2) is 4.99 Å². The molecule has 0 rings (SSSR count). The van der Waals surface area contributed by atoms with Gasteiger partial charge in [-0.1, -0.05) is 28.7 Å². The van der Waals surface area contributed by atoms with Crippen molar-refractivity contribution in [3.8, 4) is 0 Å². The molecule has 1 amide bonds. The minimum absolute atomic E-state index is 0. The number of hydrogen-bond acceptors (Lipinski definition) is 1. The molecule has 2 heteroatoms. The van der Waals surface area contributed by atoms with Gasteiger partial charge in [-0.25, -0.2) is 4.99 Å². The maximum Gasteiger partial charge on any atom is 0.247 e. The highest BCUT2D eigenvalue weighted by Crippen LogP contribution is 2.00. The van der Waals surface area contributed by atoms with Crippen LogP contribution >= 0.6 is 0 Å². The van der Waals surface area contributed by atoms with Crippen molar-refractivity contribution in [2.75, 3.05) is 0 Å². The molecule has 0 saturated heterocycles. The monoisotopic (exact) mass is 145 g/mol. The predicted molar refractivity (Wildman–Crippen MR) is 47.5 cm³/mol. The van der Waals surface area contributed by atoms with Crippen molar-refractivity contribution in [2.24, 2.45) is 10.9 Å². The molecule has 1 unspecified atom stereocenters. The predicted octanol–water partition coefficient (Wildman–Crippen LogP) is 2.53. The molecule has 0 radical (unpaired) electrons. The maximum atomic E-state index is 10.5. The molecule has 0 bridgehead atoms. The first-order valence-corrected chi connectivity index (χ1v) is 2.73. The lowest BCUT2D eigenvalue weighted by Gasteiger charge is -1.98. The lowest BCUT2D eigenvalue weighted by Crippen LogP contribution is -2.04. The van der Waals surface area contributed by atoms with Gasteiger partial charge < -0.3 is 0 Å². The molecule has 0 aliphatic carbocycles. The van der Waals surface area contributed by atoms with E-state index >= 15 is 0 Å². The van der Waals surface area contributed by atoms with Crippen LogP contribution in [0.1, 0.15) is 35.1 Å². The quantitative estimate of drug-likeness (QED) is 0.549. The summed E-state index contributed by atoms with van der Waals surface area (Å²) in [7, 11) is 0. The van der Waals surface area contributed by atoms with E-state index in [1.807, 2.05) is 13.8 Å². The Balaban J connectivity index is -0.000000245. The first-order chi connectivity index (χ1) is 3.72. The molecule has 0 aliphatic heterocycles. The lowest BCUT2D eigenvalue weighted by molar-refractivity contribution is -0.121. The van der Waals surface area contributed by atoms with Gasteiger partial charge in [0, 0.05) is 5.92 Å². The van der Waals surface area contributed by atoms with E-state index in [9.17, 15) is 4.79 Å². The summed E-state index contributed by atoms with van der Waals surface area (Å²) in [6.45, 7) is 6.93. The van der Waals surface area contributed by atoms with Crippen molar-refractivity contribution in [1.82, 2.24) is 0 Å². The van der Waals surface area contributed by atoms with Gasteiger partial charge in [-0.3, -0.25) is 4.79 Å². The van der Waals surface area contributed by atoms with Crippen molar-refractivity contribution >= 4 is 12.6 Å². The van der Waals surface area contributed by atoms with E-state index in [1.54, 1.807) is 0 Å². The van der Waals surface area contributed by atoms with Gasteiger partial charge in [0.25, 0.3) is 0 Å². The van der Waals surface area contributed by atoms with E-state index < -0.39 is 0 Å². The third kappa shape index (κ3) is 5.48. The first-order valence-electron chi connectivity index (χ1n) is 2.73. The molecule has 0 fully saturated rings. The SMILES string of the molecule is C.C.C=NC(=O)C(C)CC. The van der Waals surface area contributed by atoms with Crippen LogP contribution in [0.25, 0.3) is 0 Å². The van der Waals surface area contributed by atoms with Crippen molar-refractivity contribution in [2.45, 2.75) is 35.1 Å². The molecular formula is C8H19NO. The number of amides is 1. The maximum absolute atomic E-state index is 10.5. The molecule has 0 aromatic carbocycles. The summed E-state index contributed by atoms with van der Waals surface area (Å²) in [6.07, 6.45) is 0.845. The summed E-state index contributed by atoms with van der Waals surface area (Å²) < 4.78 is 0. The van der Waals surface area contributed by atoms with Gasteiger partial charge in [-0.05, 0) is 13.1 Å². The highest BCUT2D eigenvalue weighted by Gasteiger charge is 2.05. The Morgan fingerprint density at radius 1 is 1.60 bits per heavy atom. The van der Waals surface area contributed by atoms with Gasteiger partial charge in [-0.15, -0.1) is 0 Å². The lowest BCUT2D eigenvalue weighted by atomic mass is 10.1. The summed E-state index contributed by atoms with van der Waals surface area (Å²) in [5.41, 5.74) is 0. The molecule has 0 N–H and O–H groups in total. The number of rotatable bonds is 2. The molecule has 0 heterocycles. The molecule has 0 aromatic rings. The van der Waals surface area contributed by atoms with Crippen LogP contribution in [0.2, 0.25) is 0 Å². The third-order valence-electron chi connectivity index (χ3n) is 1.19. The van der Waals surface area contributed by atoms with E-state index in [-0.39, 0.29) is 26.7 Å². The zero-order valence-electron chi connectivity index (χ0n) is 5.35. The fraction of sp³-hybridized carbons (Fsp3) is 0.750. The van der Waals surface area contributed by atoms with Crippen LogP contribution in [0.4, 0.5) is 0 Å². The minimum atomic E-state index is -0.104. The zero-order valence-corrected chi connectivity index (χ0v) is 5.35. The first kappa shape index (κ1) is 16.2. The Kier molecular flexibility index (Phi) is 13.5. The molecule has 2 nitrogen and oxygen atoms in total. The molecule has 1 atom stereocenters. The number of aliphatic imine (C=N–C) groups is 1. The number of nitrogens with zero attached hydrogens (tertiary/aromatic N) is 1. The van der Waals surface area contributed by atoms with Crippen LogP contribution in [0.3, 0.4) is 0 Å². The normalized spacial score (nSPS) is 10.2. The fourth-order valence-electron chi connectivity index (χ4n) is 0.330. The van der Waals surface area contributed by atoms with Crippen molar-refractivity contribution < 1.29 is 4.79 Å². The molecule has 0 aromatic heterocycles. The van der Waals surface area contributed by atoms with E-state index in [0.717, 1.165) is 6.42 Å². The average Bonchev–Trinajstić information content (AvgIpc) is 1.84. The van der Waals surface area contributed by atoms with Crippen LogP contribution in [0, 0.1) is 5.92 Å². The van der Waals surface area contributed by atoms with E-state index in [1.165, 1.54) is 0 Å². The van der Waals surface area contributed by atoms with Crippen LogP contribution in [0.5, 0.6) is 0 Å². The molecule has 62 valence electrons. The smallest absolute Gasteiger partial charge is 0.247 e. The molecule has 0 aliphatic rings. The molecule has 0 spiro atoms. The summed E-state index contributed by atoms with van der Waals surface area (Å²) in [5.74, 6) is -0.0556. The van der Waals surface area contributed by atoms with E-state index in [2.05, 4.69) is 11.7 Å². The molecular weight excluding hydrogens is 126 g/mol. The summed E-state index contributed by atoms with van der Waals surface area (Å²) in [5, 5.41) is 0. The Hall–Kier alpha value is -0.660. The fourth-order valence-corrected chi connectivity index (χ4v) is 0.330. The van der Waals surface area contributed by atoms with Gasteiger partial charge in [0.2, 0.25) is 5.91 Å². The second-order valence-electron chi connectivity index (χ2n) is 1.81. The van der Waals surface area contributed by atoms with Crippen LogP contribution < -0.4 is 0 Å². The van der Waals surface area contributed by atoms with Crippen molar-refractivity contribution in [3.05, 3.63) is 0 Å². The standard InChI is InChI=1S/C6H11NO.2CH4/c1-4-5(2)6(8)7-3;;/h5H,3-4H2,1-2H3;2*1H4. The highest BCUT2D eigenvalue weighted by molar-refractivity contribution is 5.82. The number of hydrogen-bond donors (Lipinski definition) is 0. The number of carbonyl (C=O) groups is 1. The second-order valence-corrected chi connectivity index (χ2v) is 1.81. The average molecular weight is 145 g/mol. The van der Waals surface area contributed by atoms with E-state index in [4.69, 9.17) is 0 Å². The van der Waals surface area contributed by atoms with E-state index in [0.29, 0.717) is 0 Å². The van der Waals surface area contributed by atoms with Gasteiger partial charge >= 0.3 is 0 Å². The van der Waals surface area contributed by atoms with Crippen LogP contribution in [-0.2, 0) is 4.79 Å². The van der Waals surface area contributed by atoms with Gasteiger partial charge in [0.05, 0.1) is 0 Å². The molecule has 0 saturated carbocycles. The van der Waals surface area contributed by atoms with Crippen LogP contribution in [-0.4, -0.2) is 12.6 Å². The minimum Gasteiger partial charge on any atom is -0.272 e. The highest BCUT2D eigenvalue weighted by atomic mass is 16.1. The zero-order chi connectivity index (χ0) is 6.57. The number of carbonyl (C=O) groups excluding carboxylic acids is 1. The summed E-state index contributed by atoms with van der Waals surface area (Å²) >= 11 is 0. The Bertz CT molecular complexity index is 99.4. The Labute approximate surface area is 64.4 Å². The van der Waals surface area contributed by atoms with Gasteiger partial charge in [0.15, 0.2) is 0 Å². The topological polar surface area (TPSA) is 29.4 Å². The summed E-state index contributed by atoms with van der Waals surface area (Å²) in [4.78, 5) is 13.8. The van der Waals surface area contributed by atoms with Crippen molar-refractivity contribution in [1.29, 1.82) is 0 Å². The third-order valence-corrected chi connectivity index (χ3v) is 1.19.